The topological polar surface area (TPSA) is 55.8 Å². The fourth-order valence-electron chi connectivity index (χ4n) is 4.38. The molecule has 1 aliphatic carbocycles. The molecule has 0 radical (unpaired) electrons. The van der Waals surface area contributed by atoms with Gasteiger partial charge in [-0.2, -0.15) is 0 Å². The lowest BCUT2D eigenvalue weighted by Crippen LogP contribution is -2.43. The van der Waals surface area contributed by atoms with Crippen LogP contribution in [0.3, 0.4) is 0 Å². The number of nitrogens with zero attached hydrogens (tertiary/aromatic N) is 1. The number of esters is 1. The molecule has 0 saturated heterocycles. The normalized spacial score (nSPS) is 25.4. The van der Waals surface area contributed by atoms with Crippen LogP contribution in [-0.2, 0) is 19.7 Å². The van der Waals surface area contributed by atoms with E-state index in [1.165, 1.54) is 7.11 Å². The Morgan fingerprint density at radius 3 is 2.26 bits per heavy atom. The van der Waals surface area contributed by atoms with Gasteiger partial charge in [0.1, 0.15) is 11.0 Å². The molecule has 0 bridgehead atoms. The number of ether oxygens (including phenoxy) is 2. The van der Waals surface area contributed by atoms with Crippen LogP contribution in [-0.4, -0.2) is 30.8 Å². The molecular formula is C22H23NO4. The molecule has 1 amide bonds. The van der Waals surface area contributed by atoms with Crippen LogP contribution >= 0.6 is 0 Å². The van der Waals surface area contributed by atoms with Gasteiger partial charge in [-0.15, -0.1) is 0 Å². The summed E-state index contributed by atoms with van der Waals surface area (Å²) in [6.07, 6.45) is -0.441. The quantitative estimate of drug-likeness (QED) is 0.755. The van der Waals surface area contributed by atoms with Crippen LogP contribution < -0.4 is 4.90 Å². The second kappa shape index (κ2) is 5.84. The number of para-hydroxylation sites is 1. The molecule has 2 aromatic rings. The SMILES string of the molecule is COC(=O)[C@@]1(c2ccccc2)[C@@H]2c3ccccc3N(C(=O)OC(C)(C)C)[C@@H]21. The first-order chi connectivity index (χ1) is 12.8. The van der Waals surface area contributed by atoms with Gasteiger partial charge >= 0.3 is 12.1 Å². The van der Waals surface area contributed by atoms with Crippen LogP contribution in [0.1, 0.15) is 37.8 Å². The number of carbonyl (C=O) groups excluding carboxylic acids is 2. The van der Waals surface area contributed by atoms with Crippen molar-refractivity contribution < 1.29 is 19.1 Å². The lowest BCUT2D eigenvalue weighted by Gasteiger charge is -2.30. The van der Waals surface area contributed by atoms with Crippen LogP contribution in [0.2, 0.25) is 0 Å². The summed E-state index contributed by atoms with van der Waals surface area (Å²) in [5.74, 6) is -0.470. The Bertz CT molecular complexity index is 902. The predicted molar refractivity (Wildman–Crippen MR) is 102 cm³/mol. The Balaban J connectivity index is 1.85. The molecule has 27 heavy (non-hydrogen) atoms. The van der Waals surface area contributed by atoms with Gasteiger partial charge in [-0.05, 0) is 38.0 Å². The molecular weight excluding hydrogens is 342 g/mol. The molecule has 2 aliphatic rings. The van der Waals surface area contributed by atoms with E-state index in [1.54, 1.807) is 4.90 Å². The molecule has 1 aliphatic heterocycles. The van der Waals surface area contributed by atoms with Gasteiger partial charge in [0, 0.05) is 5.92 Å². The van der Waals surface area contributed by atoms with E-state index in [2.05, 4.69) is 0 Å². The Labute approximate surface area is 158 Å². The average molecular weight is 365 g/mol. The largest absolute Gasteiger partial charge is 0.468 e. The van der Waals surface area contributed by atoms with Crippen molar-refractivity contribution in [3.63, 3.8) is 0 Å². The Morgan fingerprint density at radius 1 is 1.00 bits per heavy atom. The summed E-state index contributed by atoms with van der Waals surface area (Å²) >= 11 is 0. The smallest absolute Gasteiger partial charge is 0.415 e. The monoisotopic (exact) mass is 365 g/mol. The zero-order valence-corrected chi connectivity index (χ0v) is 15.9. The van der Waals surface area contributed by atoms with Crippen LogP contribution in [0.5, 0.6) is 0 Å². The van der Waals surface area contributed by atoms with Crippen molar-refractivity contribution in [1.82, 2.24) is 0 Å². The highest BCUT2D eigenvalue weighted by atomic mass is 16.6. The molecule has 0 N–H and O–H groups in total. The number of rotatable bonds is 2. The van der Waals surface area contributed by atoms with E-state index in [0.29, 0.717) is 0 Å². The summed E-state index contributed by atoms with van der Waals surface area (Å²) in [6.45, 7) is 5.51. The first kappa shape index (κ1) is 17.6. The summed E-state index contributed by atoms with van der Waals surface area (Å²) < 4.78 is 10.8. The average Bonchev–Trinajstić information content (AvgIpc) is 3.19. The van der Waals surface area contributed by atoms with Gasteiger partial charge in [-0.3, -0.25) is 9.69 Å². The van der Waals surface area contributed by atoms with E-state index in [1.807, 2.05) is 75.4 Å². The highest BCUT2D eigenvalue weighted by Gasteiger charge is 2.78. The van der Waals surface area contributed by atoms with Crippen LogP contribution in [0.15, 0.2) is 54.6 Å². The van der Waals surface area contributed by atoms with Crippen molar-refractivity contribution in [1.29, 1.82) is 0 Å². The maximum atomic E-state index is 13.0. The third kappa shape index (κ3) is 2.45. The maximum Gasteiger partial charge on any atom is 0.415 e. The Morgan fingerprint density at radius 2 is 1.63 bits per heavy atom. The predicted octanol–water partition coefficient (Wildman–Crippen LogP) is 4.02. The fraction of sp³-hybridized carbons (Fsp3) is 0.364. The highest BCUT2D eigenvalue weighted by molar-refractivity contribution is 6.03. The van der Waals surface area contributed by atoms with E-state index in [-0.39, 0.29) is 17.9 Å². The van der Waals surface area contributed by atoms with Crippen molar-refractivity contribution in [3.05, 3.63) is 65.7 Å². The molecule has 5 nitrogen and oxygen atoms in total. The molecule has 1 heterocycles. The third-order valence-corrected chi connectivity index (χ3v) is 5.34. The summed E-state index contributed by atoms with van der Waals surface area (Å²) in [7, 11) is 1.39. The molecule has 0 spiro atoms. The van der Waals surface area contributed by atoms with Gasteiger partial charge in [0.2, 0.25) is 0 Å². The molecule has 3 atom stereocenters. The van der Waals surface area contributed by atoms with E-state index in [9.17, 15) is 9.59 Å². The Kier molecular flexibility index (Phi) is 3.81. The molecule has 4 rings (SSSR count). The lowest BCUT2D eigenvalue weighted by molar-refractivity contribution is -0.144. The number of hydrogen-bond donors (Lipinski definition) is 0. The zero-order chi connectivity index (χ0) is 19.4. The molecule has 140 valence electrons. The first-order valence-corrected chi connectivity index (χ1v) is 9.07. The third-order valence-electron chi connectivity index (χ3n) is 5.34. The van der Waals surface area contributed by atoms with E-state index in [4.69, 9.17) is 9.47 Å². The van der Waals surface area contributed by atoms with Crippen molar-refractivity contribution in [2.24, 2.45) is 0 Å². The first-order valence-electron chi connectivity index (χ1n) is 9.07. The lowest BCUT2D eigenvalue weighted by atomic mass is 9.88. The minimum Gasteiger partial charge on any atom is -0.468 e. The Hall–Kier alpha value is -2.82. The minimum absolute atomic E-state index is 0.143. The van der Waals surface area contributed by atoms with Gasteiger partial charge in [0.25, 0.3) is 0 Å². The van der Waals surface area contributed by atoms with E-state index >= 15 is 0 Å². The highest BCUT2D eigenvalue weighted by Crippen LogP contribution is 2.69. The van der Waals surface area contributed by atoms with Gasteiger partial charge in [0.15, 0.2) is 0 Å². The molecule has 2 aromatic carbocycles. The van der Waals surface area contributed by atoms with Crippen molar-refractivity contribution in [2.45, 2.75) is 43.7 Å². The van der Waals surface area contributed by atoms with E-state index < -0.39 is 17.1 Å². The van der Waals surface area contributed by atoms with Crippen molar-refractivity contribution in [3.8, 4) is 0 Å². The van der Waals surface area contributed by atoms with Gasteiger partial charge in [-0.25, -0.2) is 4.79 Å². The number of hydrogen-bond acceptors (Lipinski definition) is 4. The number of carbonyl (C=O) groups is 2. The van der Waals surface area contributed by atoms with Crippen LogP contribution in [0, 0.1) is 0 Å². The summed E-state index contributed by atoms with van der Waals surface area (Å²) in [6, 6.07) is 16.9. The minimum atomic E-state index is -0.902. The second-order valence-corrected chi connectivity index (χ2v) is 8.06. The molecule has 5 heteroatoms. The van der Waals surface area contributed by atoms with Crippen LogP contribution in [0.25, 0.3) is 0 Å². The summed E-state index contributed by atoms with van der Waals surface area (Å²) in [4.78, 5) is 27.6. The van der Waals surface area contributed by atoms with Gasteiger partial charge in [-0.1, -0.05) is 48.5 Å². The maximum absolute atomic E-state index is 13.0. The fourth-order valence-corrected chi connectivity index (χ4v) is 4.38. The number of amides is 1. The molecule has 0 aromatic heterocycles. The molecule has 1 fully saturated rings. The number of benzene rings is 2. The van der Waals surface area contributed by atoms with Crippen molar-refractivity contribution >= 4 is 17.7 Å². The second-order valence-electron chi connectivity index (χ2n) is 8.06. The number of anilines is 1. The number of fused-ring (bicyclic) bond motifs is 3. The van der Waals surface area contributed by atoms with Crippen molar-refractivity contribution in [2.75, 3.05) is 12.0 Å². The number of methoxy groups -OCH3 is 1. The molecule has 1 saturated carbocycles. The van der Waals surface area contributed by atoms with E-state index in [0.717, 1.165) is 16.8 Å². The van der Waals surface area contributed by atoms with Gasteiger partial charge < -0.3 is 9.47 Å². The van der Waals surface area contributed by atoms with Gasteiger partial charge in [0.05, 0.1) is 18.8 Å². The zero-order valence-electron chi connectivity index (χ0n) is 15.9. The standard InChI is InChI=1S/C22H23NO4/c1-21(2,3)27-20(25)23-16-13-9-8-12-15(16)17-18(23)22(17,19(24)26-4)14-10-6-5-7-11-14/h5-13,17-18H,1-4H3/t17-,18+,22+/m1/s1. The summed E-state index contributed by atoms with van der Waals surface area (Å²) in [5.41, 5.74) is 1.11. The van der Waals surface area contributed by atoms with Crippen LogP contribution in [0.4, 0.5) is 10.5 Å². The summed E-state index contributed by atoms with van der Waals surface area (Å²) in [5, 5.41) is 0. The molecule has 0 unspecified atom stereocenters.